The first-order chi connectivity index (χ1) is 34.1. The summed E-state index contributed by atoms with van der Waals surface area (Å²) in [6.45, 7) is 4.22. The van der Waals surface area contributed by atoms with E-state index in [9.17, 15) is 0 Å². The summed E-state index contributed by atoms with van der Waals surface area (Å²) in [6, 6.07) is 70.3. The Balaban J connectivity index is 0.00000480. The van der Waals surface area contributed by atoms with E-state index in [1.54, 1.807) is 6.33 Å². The van der Waals surface area contributed by atoms with Crippen molar-refractivity contribution < 1.29 is 25.8 Å². The maximum atomic E-state index is 6.59. The molecule has 14 rings (SSSR count). The van der Waals surface area contributed by atoms with Crippen molar-refractivity contribution in [3.63, 3.8) is 0 Å². The number of pyridine rings is 1. The van der Waals surface area contributed by atoms with Crippen LogP contribution in [-0.4, -0.2) is 35.7 Å². The normalized spacial score (nSPS) is 12.5. The molecule has 70 heavy (non-hydrogen) atoms. The number of aromatic nitrogens is 6. The van der Waals surface area contributed by atoms with Crippen molar-refractivity contribution in [3.05, 3.63) is 219 Å². The molecule has 8 aromatic carbocycles. The number of benzene rings is 8. The summed E-state index contributed by atoms with van der Waals surface area (Å²) in [5.41, 5.74) is 12.0. The molecule has 6 heterocycles. The Morgan fingerprint density at radius 1 is 0.486 bits per heavy atom. The van der Waals surface area contributed by atoms with E-state index < -0.39 is 0 Å². The number of hydrogen-bond donors (Lipinski definition) is 0. The molecule has 0 atom stereocenters. The molecular formula is C60H39N8OPt-3. The van der Waals surface area contributed by atoms with Crippen LogP contribution in [0.25, 0.3) is 94.0 Å². The molecule has 1 aliphatic rings. The second-order valence-corrected chi connectivity index (χ2v) is 17.5. The summed E-state index contributed by atoms with van der Waals surface area (Å²) >= 11 is 0. The number of anilines is 3. The van der Waals surface area contributed by atoms with Gasteiger partial charge in [-0.25, -0.2) is 15.0 Å². The summed E-state index contributed by atoms with van der Waals surface area (Å²) in [6.07, 6.45) is 3.69. The number of hydrogen-bond acceptors (Lipinski definition) is 6. The van der Waals surface area contributed by atoms with Gasteiger partial charge in [-0.05, 0) is 73.5 Å². The summed E-state index contributed by atoms with van der Waals surface area (Å²) in [5, 5.41) is 6.76. The van der Waals surface area contributed by atoms with E-state index in [0.29, 0.717) is 11.5 Å². The Kier molecular flexibility index (Phi) is 9.71. The Morgan fingerprint density at radius 2 is 0.986 bits per heavy atom. The third-order valence-electron chi connectivity index (χ3n) is 13.6. The molecule has 1 aliphatic heterocycles. The molecule has 0 saturated carbocycles. The largest absolute Gasteiger partial charge is 0.509 e. The first kappa shape index (κ1) is 41.6. The molecular weight excluding hydrogens is 1040 g/mol. The second-order valence-electron chi connectivity index (χ2n) is 17.5. The van der Waals surface area contributed by atoms with Crippen molar-refractivity contribution in [1.82, 2.24) is 28.7 Å². The van der Waals surface area contributed by atoms with Gasteiger partial charge in [0.2, 0.25) is 0 Å². The van der Waals surface area contributed by atoms with E-state index in [1.165, 1.54) is 0 Å². The zero-order chi connectivity index (χ0) is 45.7. The van der Waals surface area contributed by atoms with E-state index >= 15 is 0 Å². The van der Waals surface area contributed by atoms with Crippen molar-refractivity contribution in [2.75, 3.05) is 16.8 Å². The second kappa shape index (κ2) is 16.3. The molecule has 5 aromatic heterocycles. The van der Waals surface area contributed by atoms with E-state index in [0.717, 1.165) is 117 Å². The van der Waals surface area contributed by atoms with Crippen molar-refractivity contribution in [3.8, 4) is 40.1 Å². The Hall–Kier alpha value is -8.52. The fraction of sp³-hybridized carbons (Fsp3) is 0.0333. The predicted octanol–water partition coefficient (Wildman–Crippen LogP) is 14.2. The number of para-hydroxylation sites is 7. The summed E-state index contributed by atoms with van der Waals surface area (Å²) in [5.74, 6) is 3.45. The van der Waals surface area contributed by atoms with Crippen molar-refractivity contribution in [2.45, 2.75) is 6.92 Å². The SMILES string of the molecule is Cc1cc(-n2c3[c-]c(Oc4[c-]c(N5[CH-]N(C)c6ccccc65)ccc4)ccc3c3ccccc32)ncc1-c1c(-n2c3ccccc3c3ccccc32)ncnc1-n1c2ccccc2c2ccccc21.[Pt]. The van der Waals surface area contributed by atoms with Crippen LogP contribution < -0.4 is 14.5 Å². The minimum absolute atomic E-state index is 0. The van der Waals surface area contributed by atoms with Gasteiger partial charge < -0.3 is 19.1 Å². The van der Waals surface area contributed by atoms with Gasteiger partial charge in [-0.2, -0.15) is 18.8 Å². The van der Waals surface area contributed by atoms with Crippen molar-refractivity contribution >= 4 is 82.5 Å². The molecule has 0 N–H and O–H groups in total. The van der Waals surface area contributed by atoms with Gasteiger partial charge >= 0.3 is 0 Å². The van der Waals surface area contributed by atoms with Crippen LogP contribution >= 0.6 is 0 Å². The smallest absolute Gasteiger partial charge is 0.151 e. The molecule has 10 heteroatoms. The van der Waals surface area contributed by atoms with Gasteiger partial charge in [-0.3, -0.25) is 9.13 Å². The topological polar surface area (TPSA) is 69.2 Å². The number of rotatable bonds is 7. The molecule has 0 aliphatic carbocycles. The molecule has 0 unspecified atom stereocenters. The summed E-state index contributed by atoms with van der Waals surface area (Å²) in [7, 11) is 2.05. The van der Waals surface area contributed by atoms with E-state index in [-0.39, 0.29) is 21.1 Å². The minimum Gasteiger partial charge on any atom is -0.509 e. The van der Waals surface area contributed by atoms with Gasteiger partial charge in [0, 0.05) is 82.8 Å². The van der Waals surface area contributed by atoms with Gasteiger partial charge in [0.1, 0.15) is 12.1 Å². The quantitative estimate of drug-likeness (QED) is 0.148. The van der Waals surface area contributed by atoms with Gasteiger partial charge in [-0.1, -0.05) is 109 Å². The van der Waals surface area contributed by atoms with Gasteiger partial charge in [0.25, 0.3) is 0 Å². The number of nitrogens with zero attached hydrogens (tertiary/aromatic N) is 8. The van der Waals surface area contributed by atoms with Crippen LogP contribution in [0.2, 0.25) is 0 Å². The van der Waals surface area contributed by atoms with Crippen LogP contribution in [0, 0.1) is 25.7 Å². The molecule has 13 aromatic rings. The maximum Gasteiger partial charge on any atom is 0.151 e. The van der Waals surface area contributed by atoms with Gasteiger partial charge in [0.15, 0.2) is 11.6 Å². The minimum atomic E-state index is 0. The Morgan fingerprint density at radius 3 is 1.56 bits per heavy atom. The number of fused-ring (bicyclic) bond motifs is 10. The third-order valence-corrected chi connectivity index (χ3v) is 13.6. The Labute approximate surface area is 417 Å². The standard InChI is InChI=1S/C60H39N8O.Pt/c1-38-32-57(66-49-23-8-3-22-46(49)47-31-30-41(34-56(47)66)69-40-17-15-16-39(33-40)65-37-64(2)54-28-13-14-29-55(54)65)61-35-48(38)58-59(67-50-24-9-4-18-42(50)43-19-5-10-25-51(43)67)62-36-63-60(58)68-52-26-11-6-20-44(52)45-21-7-12-27-53(45)68;/h3-32,35-37H,1-2H3;/q-3;. The summed E-state index contributed by atoms with van der Waals surface area (Å²) < 4.78 is 13.3. The van der Waals surface area contributed by atoms with Crippen LogP contribution in [0.4, 0.5) is 17.1 Å². The maximum absolute atomic E-state index is 6.59. The molecule has 0 saturated heterocycles. The third kappa shape index (κ3) is 6.31. The van der Waals surface area contributed by atoms with Crippen LogP contribution in [0.3, 0.4) is 0 Å². The van der Waals surface area contributed by atoms with Gasteiger partial charge in [-0.15, -0.1) is 41.4 Å². The molecule has 0 fully saturated rings. The first-order valence-corrected chi connectivity index (χ1v) is 23.0. The average molecular weight is 1080 g/mol. The van der Waals surface area contributed by atoms with Crippen molar-refractivity contribution in [1.29, 1.82) is 0 Å². The van der Waals surface area contributed by atoms with Crippen LogP contribution in [0.5, 0.6) is 11.5 Å². The molecule has 338 valence electrons. The zero-order valence-electron chi connectivity index (χ0n) is 37.9. The summed E-state index contributed by atoms with van der Waals surface area (Å²) in [4.78, 5) is 20.0. The molecule has 9 nitrogen and oxygen atoms in total. The van der Waals surface area contributed by atoms with Crippen molar-refractivity contribution in [2.24, 2.45) is 0 Å². The zero-order valence-corrected chi connectivity index (χ0v) is 40.1. The first-order valence-electron chi connectivity index (χ1n) is 23.0. The monoisotopic (exact) mass is 1080 g/mol. The number of ether oxygens (including phenoxy) is 1. The molecule has 0 radical (unpaired) electrons. The molecule has 0 bridgehead atoms. The van der Waals surface area contributed by atoms with Crippen LogP contribution in [-0.2, 0) is 21.1 Å². The van der Waals surface area contributed by atoms with E-state index in [4.69, 9.17) is 19.7 Å². The van der Waals surface area contributed by atoms with Crippen LogP contribution in [0.1, 0.15) is 5.56 Å². The van der Waals surface area contributed by atoms with Crippen LogP contribution in [0.15, 0.2) is 195 Å². The van der Waals surface area contributed by atoms with E-state index in [1.807, 2.05) is 30.5 Å². The fourth-order valence-corrected chi connectivity index (χ4v) is 10.6. The van der Waals surface area contributed by atoms with E-state index in [2.05, 4.69) is 214 Å². The molecule has 0 amide bonds. The predicted molar refractivity (Wildman–Crippen MR) is 278 cm³/mol. The fourth-order valence-electron chi connectivity index (χ4n) is 10.6. The Bertz CT molecular complexity index is 3990. The average Bonchev–Trinajstić information content (AvgIpc) is 4.12. The van der Waals surface area contributed by atoms with Gasteiger partial charge in [0.05, 0.1) is 27.6 Å². The number of aryl methyl sites for hydroxylation is 1. The molecule has 0 spiro atoms.